The van der Waals surface area contributed by atoms with E-state index in [0.29, 0.717) is 12.2 Å². The first-order chi connectivity index (χ1) is 12.8. The van der Waals surface area contributed by atoms with Gasteiger partial charge in [-0.3, -0.25) is 14.9 Å². The number of carbonyl (C=O) groups is 2. The fourth-order valence-electron chi connectivity index (χ4n) is 2.54. The molecule has 142 valence electrons. The molecule has 0 aliphatic carbocycles. The molecule has 2 N–H and O–H groups in total. The maximum atomic E-state index is 12.3. The van der Waals surface area contributed by atoms with Gasteiger partial charge in [0.05, 0.1) is 18.4 Å². The molecule has 8 nitrogen and oxygen atoms in total. The molecule has 0 aliphatic heterocycles. The smallest absolute Gasteiger partial charge is 0.335 e. The highest BCUT2D eigenvalue weighted by atomic mass is 16.6. The molecule has 0 radical (unpaired) electrons. The van der Waals surface area contributed by atoms with E-state index in [1.165, 1.54) is 25.1 Å². The normalized spacial score (nSPS) is 11.5. The molecule has 0 aromatic heterocycles. The van der Waals surface area contributed by atoms with E-state index in [1.807, 2.05) is 12.1 Å². The van der Waals surface area contributed by atoms with Gasteiger partial charge in [-0.1, -0.05) is 12.1 Å². The van der Waals surface area contributed by atoms with Crippen LogP contribution in [0.2, 0.25) is 0 Å². The second kappa shape index (κ2) is 8.79. The number of carboxylic acids is 1. The van der Waals surface area contributed by atoms with E-state index in [1.54, 1.807) is 19.2 Å². The number of hydrogen-bond donors (Lipinski definition) is 2. The molecule has 27 heavy (non-hydrogen) atoms. The van der Waals surface area contributed by atoms with Crippen molar-refractivity contribution in [2.45, 2.75) is 25.8 Å². The number of methoxy groups -OCH3 is 1. The van der Waals surface area contributed by atoms with Crippen LogP contribution in [0.25, 0.3) is 0 Å². The molecule has 2 rings (SSSR count). The number of carboxylic acid groups (broad SMARTS) is 1. The number of amides is 1. The lowest BCUT2D eigenvalue weighted by Gasteiger charge is -2.13. The summed E-state index contributed by atoms with van der Waals surface area (Å²) in [6, 6.07) is 10.1. The van der Waals surface area contributed by atoms with Crippen molar-refractivity contribution in [1.29, 1.82) is 0 Å². The average Bonchev–Trinajstić information content (AvgIpc) is 2.66. The third-order valence-electron chi connectivity index (χ3n) is 4.14. The van der Waals surface area contributed by atoms with Crippen LogP contribution in [0.15, 0.2) is 42.5 Å². The number of ether oxygens (including phenoxy) is 1. The number of hydrogen-bond acceptors (Lipinski definition) is 5. The molecule has 0 aliphatic rings. The van der Waals surface area contributed by atoms with Gasteiger partial charge in [0.2, 0.25) is 11.9 Å². The summed E-state index contributed by atoms with van der Waals surface area (Å²) in [6.07, 6.45) is 0.616. The van der Waals surface area contributed by atoms with Crippen LogP contribution in [0.5, 0.6) is 5.75 Å². The van der Waals surface area contributed by atoms with Crippen molar-refractivity contribution in [1.82, 2.24) is 0 Å². The Labute approximate surface area is 155 Å². The van der Waals surface area contributed by atoms with Crippen molar-refractivity contribution in [3.63, 3.8) is 0 Å². The molecule has 0 saturated carbocycles. The lowest BCUT2D eigenvalue weighted by molar-refractivity contribution is -0.524. The Morgan fingerprint density at radius 1 is 1.22 bits per heavy atom. The Bertz CT molecular complexity index is 848. The van der Waals surface area contributed by atoms with Gasteiger partial charge in [-0.05, 0) is 42.3 Å². The Balaban J connectivity index is 2.13. The van der Waals surface area contributed by atoms with Gasteiger partial charge in [-0.15, -0.1) is 0 Å². The average molecular weight is 372 g/mol. The van der Waals surface area contributed by atoms with E-state index in [4.69, 9.17) is 9.84 Å². The van der Waals surface area contributed by atoms with E-state index in [2.05, 4.69) is 5.32 Å². The SMILES string of the molecule is COc1ccc(CCC(=O)Nc2cc(C(=O)O)ccc2C(C)[N+](=O)[O-])cc1. The predicted octanol–water partition coefficient (Wildman–Crippen LogP) is 3.30. The first-order valence-electron chi connectivity index (χ1n) is 8.25. The van der Waals surface area contributed by atoms with Crippen molar-refractivity contribution in [3.05, 3.63) is 69.3 Å². The summed E-state index contributed by atoms with van der Waals surface area (Å²) in [5.74, 6) is -0.818. The Morgan fingerprint density at radius 2 is 1.89 bits per heavy atom. The van der Waals surface area contributed by atoms with Crippen LogP contribution in [0, 0.1) is 10.1 Å². The predicted molar refractivity (Wildman–Crippen MR) is 98.8 cm³/mol. The molecule has 0 saturated heterocycles. The topological polar surface area (TPSA) is 119 Å². The second-order valence-corrected chi connectivity index (χ2v) is 5.96. The maximum Gasteiger partial charge on any atom is 0.335 e. The van der Waals surface area contributed by atoms with Gasteiger partial charge in [-0.25, -0.2) is 4.79 Å². The molecule has 0 bridgehead atoms. The quantitative estimate of drug-likeness (QED) is 0.542. The summed E-state index contributed by atoms with van der Waals surface area (Å²) in [4.78, 5) is 34.0. The van der Waals surface area contributed by atoms with Crippen molar-refractivity contribution >= 4 is 17.6 Å². The Kier molecular flexibility index (Phi) is 6.48. The van der Waals surface area contributed by atoms with Gasteiger partial charge >= 0.3 is 5.97 Å². The van der Waals surface area contributed by atoms with Crippen LogP contribution in [-0.4, -0.2) is 29.0 Å². The minimum Gasteiger partial charge on any atom is -0.497 e. The summed E-state index contributed by atoms with van der Waals surface area (Å²) < 4.78 is 5.08. The zero-order chi connectivity index (χ0) is 20.0. The number of nitro groups is 1. The van der Waals surface area contributed by atoms with Gasteiger partial charge in [0.1, 0.15) is 5.75 Å². The summed E-state index contributed by atoms with van der Waals surface area (Å²) in [6.45, 7) is 1.38. The van der Waals surface area contributed by atoms with Gasteiger partial charge in [0, 0.05) is 23.8 Å². The zero-order valence-corrected chi connectivity index (χ0v) is 15.0. The molecular weight excluding hydrogens is 352 g/mol. The lowest BCUT2D eigenvalue weighted by Crippen LogP contribution is -2.17. The fourth-order valence-corrected chi connectivity index (χ4v) is 2.54. The first kappa shape index (κ1) is 19.9. The van der Waals surface area contributed by atoms with E-state index >= 15 is 0 Å². The van der Waals surface area contributed by atoms with Crippen LogP contribution < -0.4 is 10.1 Å². The molecule has 0 fully saturated rings. The molecule has 0 heterocycles. The molecule has 2 aromatic carbocycles. The first-order valence-corrected chi connectivity index (χ1v) is 8.25. The number of nitrogens with one attached hydrogen (secondary N) is 1. The minimum absolute atomic E-state index is 0.0558. The number of rotatable bonds is 8. The molecule has 1 unspecified atom stereocenters. The summed E-state index contributed by atoms with van der Waals surface area (Å²) in [5.41, 5.74) is 1.27. The summed E-state index contributed by atoms with van der Waals surface area (Å²) in [7, 11) is 1.57. The van der Waals surface area contributed by atoms with Crippen LogP contribution in [0.3, 0.4) is 0 Å². The Hall–Kier alpha value is -3.42. The number of anilines is 1. The van der Waals surface area contributed by atoms with Gasteiger partial charge < -0.3 is 15.2 Å². The summed E-state index contributed by atoms with van der Waals surface area (Å²) in [5, 5.41) is 22.8. The summed E-state index contributed by atoms with van der Waals surface area (Å²) >= 11 is 0. The third-order valence-corrected chi connectivity index (χ3v) is 4.14. The fraction of sp³-hybridized carbons (Fsp3) is 0.263. The van der Waals surface area contributed by atoms with E-state index in [9.17, 15) is 19.7 Å². The highest BCUT2D eigenvalue weighted by Gasteiger charge is 2.22. The maximum absolute atomic E-state index is 12.3. The molecule has 8 heteroatoms. The molecule has 1 atom stereocenters. The standard InChI is InChI=1S/C19H20N2O6/c1-12(21(25)26)16-9-6-14(19(23)24)11-17(16)20-18(22)10-5-13-3-7-15(27-2)8-4-13/h3-4,6-9,11-12H,5,10H2,1-2H3,(H,20,22)(H,23,24). The van der Waals surface area contributed by atoms with E-state index in [-0.39, 0.29) is 29.1 Å². The number of carbonyl (C=O) groups excluding carboxylic acids is 1. The highest BCUT2D eigenvalue weighted by Crippen LogP contribution is 2.26. The third kappa shape index (κ3) is 5.27. The number of aryl methyl sites for hydroxylation is 1. The molecule has 2 aromatic rings. The number of benzene rings is 2. The van der Waals surface area contributed by atoms with Crippen molar-refractivity contribution in [2.75, 3.05) is 12.4 Å². The highest BCUT2D eigenvalue weighted by molar-refractivity contribution is 5.95. The van der Waals surface area contributed by atoms with Crippen LogP contribution in [0.1, 0.15) is 40.9 Å². The monoisotopic (exact) mass is 372 g/mol. The van der Waals surface area contributed by atoms with Crippen molar-refractivity contribution in [3.8, 4) is 5.75 Å². The van der Waals surface area contributed by atoms with Crippen molar-refractivity contribution < 1.29 is 24.4 Å². The van der Waals surface area contributed by atoms with Gasteiger partial charge in [-0.2, -0.15) is 0 Å². The zero-order valence-electron chi connectivity index (χ0n) is 15.0. The van der Waals surface area contributed by atoms with Crippen molar-refractivity contribution in [2.24, 2.45) is 0 Å². The molecule has 0 spiro atoms. The van der Waals surface area contributed by atoms with Gasteiger partial charge in [0.15, 0.2) is 0 Å². The Morgan fingerprint density at radius 3 is 2.44 bits per heavy atom. The number of aromatic carboxylic acids is 1. The minimum atomic E-state index is -1.18. The largest absolute Gasteiger partial charge is 0.497 e. The molecule has 1 amide bonds. The van der Waals surface area contributed by atoms with Crippen LogP contribution in [-0.2, 0) is 11.2 Å². The van der Waals surface area contributed by atoms with Gasteiger partial charge in [0.25, 0.3) is 0 Å². The lowest BCUT2D eigenvalue weighted by atomic mass is 10.0. The second-order valence-electron chi connectivity index (χ2n) is 5.96. The molecular formula is C19H20N2O6. The van der Waals surface area contributed by atoms with E-state index in [0.717, 1.165) is 5.56 Å². The van der Waals surface area contributed by atoms with Crippen LogP contribution in [0.4, 0.5) is 5.69 Å². The number of nitrogens with zero attached hydrogens (tertiary/aromatic N) is 1. The van der Waals surface area contributed by atoms with E-state index < -0.39 is 16.9 Å². The van der Waals surface area contributed by atoms with Crippen LogP contribution >= 0.6 is 0 Å².